The maximum Gasteiger partial charge on any atom is 0.0289 e. The molecule has 1 nitrogen and oxygen atoms in total. The van der Waals surface area contributed by atoms with Gasteiger partial charge >= 0.3 is 0 Å². The van der Waals surface area contributed by atoms with Gasteiger partial charge in [-0.3, -0.25) is 0 Å². The standard InChI is InChI=1S/C17H27NS/c1-12-8-9-17(10-13(12)2)19-16-7-5-6-15(11-16)14(3)18-4/h5-7,11-14,17-18H,8-10H2,1-4H3. The largest absolute Gasteiger partial charge is 0.313 e. The third kappa shape index (κ3) is 4.00. The molecule has 0 saturated heterocycles. The minimum atomic E-state index is 0.436. The molecule has 0 aliphatic heterocycles. The van der Waals surface area contributed by atoms with Gasteiger partial charge in [0.05, 0.1) is 0 Å². The molecule has 1 aliphatic rings. The second-order valence-corrected chi connectivity index (χ2v) is 7.46. The van der Waals surface area contributed by atoms with Crippen LogP contribution >= 0.6 is 11.8 Å². The van der Waals surface area contributed by atoms with Gasteiger partial charge in [-0.25, -0.2) is 0 Å². The van der Waals surface area contributed by atoms with Crippen LogP contribution in [0.1, 0.15) is 51.6 Å². The van der Waals surface area contributed by atoms with Crippen molar-refractivity contribution in [2.24, 2.45) is 11.8 Å². The van der Waals surface area contributed by atoms with E-state index >= 15 is 0 Å². The molecule has 0 radical (unpaired) electrons. The highest BCUT2D eigenvalue weighted by atomic mass is 32.2. The molecule has 0 bridgehead atoms. The maximum atomic E-state index is 3.32. The SMILES string of the molecule is CNC(C)c1cccc(SC2CCC(C)C(C)C2)c1. The second kappa shape index (κ2) is 6.81. The number of nitrogens with one attached hydrogen (secondary N) is 1. The lowest BCUT2D eigenvalue weighted by atomic mass is 9.81. The van der Waals surface area contributed by atoms with Gasteiger partial charge in [0.25, 0.3) is 0 Å². The van der Waals surface area contributed by atoms with E-state index in [1.165, 1.54) is 29.7 Å². The average molecular weight is 277 g/mol. The first-order chi connectivity index (χ1) is 9.10. The van der Waals surface area contributed by atoms with Crippen molar-refractivity contribution in [2.45, 2.75) is 56.2 Å². The molecule has 4 atom stereocenters. The topological polar surface area (TPSA) is 12.0 Å². The summed E-state index contributed by atoms with van der Waals surface area (Å²) in [5, 5.41) is 4.13. The molecular weight excluding hydrogens is 250 g/mol. The van der Waals surface area contributed by atoms with Crippen molar-refractivity contribution in [1.29, 1.82) is 0 Å². The normalized spacial score (nSPS) is 29.2. The van der Waals surface area contributed by atoms with Crippen LogP contribution in [0.2, 0.25) is 0 Å². The molecular formula is C17H27NS. The molecule has 2 heteroatoms. The Morgan fingerprint density at radius 2 is 2.00 bits per heavy atom. The van der Waals surface area contributed by atoms with Gasteiger partial charge in [0.15, 0.2) is 0 Å². The molecule has 106 valence electrons. The Kier molecular flexibility index (Phi) is 5.35. The number of benzene rings is 1. The van der Waals surface area contributed by atoms with E-state index in [2.05, 4.69) is 62.1 Å². The molecule has 1 aliphatic carbocycles. The minimum Gasteiger partial charge on any atom is -0.313 e. The fourth-order valence-electron chi connectivity index (χ4n) is 2.82. The summed E-state index contributed by atoms with van der Waals surface area (Å²) in [5.41, 5.74) is 1.39. The average Bonchev–Trinajstić information content (AvgIpc) is 2.42. The summed E-state index contributed by atoms with van der Waals surface area (Å²) in [6.07, 6.45) is 4.14. The smallest absolute Gasteiger partial charge is 0.0289 e. The molecule has 19 heavy (non-hydrogen) atoms. The van der Waals surface area contributed by atoms with Crippen LogP contribution < -0.4 is 5.32 Å². The Morgan fingerprint density at radius 3 is 2.68 bits per heavy atom. The van der Waals surface area contributed by atoms with E-state index in [1.807, 2.05) is 7.05 Å². The van der Waals surface area contributed by atoms with E-state index in [4.69, 9.17) is 0 Å². The summed E-state index contributed by atoms with van der Waals surface area (Å²) in [7, 11) is 2.02. The molecule has 0 spiro atoms. The summed E-state index contributed by atoms with van der Waals surface area (Å²) in [6.45, 7) is 7.03. The third-order valence-electron chi connectivity index (χ3n) is 4.64. The van der Waals surface area contributed by atoms with Crippen LogP contribution in [0.4, 0.5) is 0 Å². The summed E-state index contributed by atoms with van der Waals surface area (Å²) in [6, 6.07) is 9.47. The lowest BCUT2D eigenvalue weighted by Crippen LogP contribution is -2.22. The van der Waals surface area contributed by atoms with Gasteiger partial charge in [-0.2, -0.15) is 0 Å². The fourth-order valence-corrected chi connectivity index (χ4v) is 4.22. The van der Waals surface area contributed by atoms with Crippen LogP contribution in [-0.2, 0) is 0 Å². The van der Waals surface area contributed by atoms with Crippen LogP contribution in [-0.4, -0.2) is 12.3 Å². The highest BCUT2D eigenvalue weighted by molar-refractivity contribution is 8.00. The molecule has 0 aromatic heterocycles. The Morgan fingerprint density at radius 1 is 1.21 bits per heavy atom. The predicted octanol–water partition coefficient (Wildman–Crippen LogP) is 4.88. The summed E-state index contributed by atoms with van der Waals surface area (Å²) in [5.74, 6) is 1.79. The Bertz CT molecular complexity index is 404. The summed E-state index contributed by atoms with van der Waals surface area (Å²) < 4.78 is 0. The van der Waals surface area contributed by atoms with Crippen LogP contribution in [0.15, 0.2) is 29.2 Å². The molecule has 4 unspecified atom stereocenters. The van der Waals surface area contributed by atoms with Crippen molar-refractivity contribution in [2.75, 3.05) is 7.05 Å². The molecule has 1 N–H and O–H groups in total. The molecule has 1 aromatic rings. The zero-order chi connectivity index (χ0) is 13.8. The van der Waals surface area contributed by atoms with E-state index < -0.39 is 0 Å². The first kappa shape index (κ1) is 14.9. The third-order valence-corrected chi connectivity index (χ3v) is 5.93. The van der Waals surface area contributed by atoms with Gasteiger partial charge in [-0.05, 0) is 62.8 Å². The highest BCUT2D eigenvalue weighted by Crippen LogP contribution is 2.39. The van der Waals surface area contributed by atoms with Gasteiger partial charge in [-0.15, -0.1) is 11.8 Å². The summed E-state index contributed by atoms with van der Waals surface area (Å²) in [4.78, 5) is 1.44. The molecule has 1 saturated carbocycles. The number of rotatable bonds is 4. The van der Waals surface area contributed by atoms with Crippen molar-refractivity contribution >= 4 is 11.8 Å². The maximum absolute atomic E-state index is 3.32. The molecule has 1 aromatic carbocycles. The van der Waals surface area contributed by atoms with E-state index in [-0.39, 0.29) is 0 Å². The molecule has 0 amide bonds. The quantitative estimate of drug-likeness (QED) is 0.841. The first-order valence-corrected chi connectivity index (χ1v) is 8.42. The fraction of sp³-hybridized carbons (Fsp3) is 0.647. The van der Waals surface area contributed by atoms with Gasteiger partial charge in [0.2, 0.25) is 0 Å². The van der Waals surface area contributed by atoms with Crippen molar-refractivity contribution in [3.63, 3.8) is 0 Å². The second-order valence-electron chi connectivity index (χ2n) is 6.09. The monoisotopic (exact) mass is 277 g/mol. The molecule has 2 rings (SSSR count). The van der Waals surface area contributed by atoms with Crippen molar-refractivity contribution in [3.05, 3.63) is 29.8 Å². The van der Waals surface area contributed by atoms with E-state index in [0.717, 1.165) is 17.1 Å². The van der Waals surface area contributed by atoms with Gasteiger partial charge in [-0.1, -0.05) is 26.0 Å². The van der Waals surface area contributed by atoms with Crippen LogP contribution in [0.3, 0.4) is 0 Å². The van der Waals surface area contributed by atoms with Crippen LogP contribution in [0.5, 0.6) is 0 Å². The lowest BCUT2D eigenvalue weighted by Gasteiger charge is -2.31. The lowest BCUT2D eigenvalue weighted by molar-refractivity contribution is 0.283. The van der Waals surface area contributed by atoms with Gasteiger partial charge in [0, 0.05) is 16.2 Å². The molecule has 0 heterocycles. The Balaban J connectivity index is 1.99. The van der Waals surface area contributed by atoms with Crippen LogP contribution in [0.25, 0.3) is 0 Å². The van der Waals surface area contributed by atoms with Gasteiger partial charge < -0.3 is 5.32 Å². The Hall–Kier alpha value is -0.470. The highest BCUT2D eigenvalue weighted by Gasteiger charge is 2.25. The van der Waals surface area contributed by atoms with E-state index in [9.17, 15) is 0 Å². The van der Waals surface area contributed by atoms with Crippen molar-refractivity contribution in [1.82, 2.24) is 5.32 Å². The van der Waals surface area contributed by atoms with Gasteiger partial charge in [0.1, 0.15) is 0 Å². The number of hydrogen-bond acceptors (Lipinski definition) is 2. The first-order valence-electron chi connectivity index (χ1n) is 7.54. The van der Waals surface area contributed by atoms with E-state index in [1.54, 1.807) is 0 Å². The summed E-state index contributed by atoms with van der Waals surface area (Å²) >= 11 is 2.08. The zero-order valence-electron chi connectivity index (χ0n) is 12.6. The number of thioether (sulfide) groups is 1. The molecule has 1 fully saturated rings. The Labute approximate surface area is 122 Å². The van der Waals surface area contributed by atoms with Crippen LogP contribution in [0, 0.1) is 11.8 Å². The predicted molar refractivity (Wildman–Crippen MR) is 85.7 cm³/mol. The minimum absolute atomic E-state index is 0.436. The number of hydrogen-bond donors (Lipinski definition) is 1. The van der Waals surface area contributed by atoms with Crippen molar-refractivity contribution in [3.8, 4) is 0 Å². The van der Waals surface area contributed by atoms with Crippen molar-refractivity contribution < 1.29 is 0 Å². The van der Waals surface area contributed by atoms with E-state index in [0.29, 0.717) is 6.04 Å². The zero-order valence-corrected chi connectivity index (χ0v) is 13.5.